The molecule has 11 aromatic rings. The Morgan fingerprint density at radius 2 is 1.10 bits per heavy atom. The van der Waals surface area contributed by atoms with Crippen LogP contribution < -0.4 is 4.74 Å². The first-order valence-corrected chi connectivity index (χ1v) is 28.0. The number of ether oxygens (including phenoxy) is 1. The summed E-state index contributed by atoms with van der Waals surface area (Å²) in [5.41, 5.74) is 16.7. The van der Waals surface area contributed by atoms with Crippen molar-refractivity contribution in [1.82, 2.24) is 18.7 Å². The predicted octanol–water partition coefficient (Wildman–Crippen LogP) is 18.6. The van der Waals surface area contributed by atoms with Crippen LogP contribution in [0, 0.1) is 22.8 Å². The summed E-state index contributed by atoms with van der Waals surface area (Å²) in [5.74, 6) is 1.52. The number of aryl methyl sites for hydroxylation is 1. The number of nitrogens with zero attached hydrogens (tertiary/aromatic N) is 4. The minimum atomic E-state index is -2.42. The molecule has 1 aliphatic rings. The van der Waals surface area contributed by atoms with E-state index in [0.717, 1.165) is 88.7 Å². The molecule has 0 radical (unpaired) electrons. The molecule has 5 nitrogen and oxygen atoms in total. The van der Waals surface area contributed by atoms with Crippen LogP contribution in [0.25, 0.3) is 83.4 Å². The molecule has 3 heterocycles. The normalized spacial score (nSPS) is 15.1. The Morgan fingerprint density at radius 3 is 1.71 bits per heavy atom. The molecule has 0 saturated heterocycles. The van der Waals surface area contributed by atoms with Crippen molar-refractivity contribution in [2.45, 2.75) is 111 Å². The molecule has 12 rings (SSSR count). The number of pyridine rings is 1. The topological polar surface area (TPSA) is 36.9 Å². The van der Waals surface area contributed by atoms with Gasteiger partial charge in [0.1, 0.15) is 0 Å². The van der Waals surface area contributed by atoms with Crippen LogP contribution >= 0.6 is 0 Å². The van der Waals surface area contributed by atoms with E-state index in [0.29, 0.717) is 22.9 Å². The van der Waals surface area contributed by atoms with Crippen molar-refractivity contribution < 1.29 is 28.2 Å². The summed E-state index contributed by atoms with van der Waals surface area (Å²) in [6, 6.07) is 66.9. The van der Waals surface area contributed by atoms with Crippen LogP contribution in [-0.2, 0) is 41.0 Å². The van der Waals surface area contributed by atoms with Crippen LogP contribution in [0.4, 0.5) is 0 Å². The number of rotatable bonds is 8. The van der Waals surface area contributed by atoms with Crippen molar-refractivity contribution in [3.05, 3.63) is 220 Å². The van der Waals surface area contributed by atoms with E-state index in [-0.39, 0.29) is 27.2 Å². The number of hydrogen-bond donors (Lipinski definition) is 0. The molecule has 8 aromatic carbocycles. The van der Waals surface area contributed by atoms with Gasteiger partial charge in [0.2, 0.25) is 0 Å². The first-order valence-electron chi connectivity index (χ1n) is 28.3. The number of fused-ring (bicyclic) bond motifs is 5. The van der Waals surface area contributed by atoms with Gasteiger partial charge in [-0.2, -0.15) is 0 Å². The van der Waals surface area contributed by atoms with Crippen molar-refractivity contribution in [2.24, 2.45) is 0 Å². The molecule has 0 saturated carbocycles. The smallest absolute Gasteiger partial charge is 0.0579 e. The van der Waals surface area contributed by atoms with Gasteiger partial charge in [-0.25, -0.2) is 0 Å². The number of hydrogen-bond acceptors (Lipinski definition) is 2. The number of para-hydroxylation sites is 2. The van der Waals surface area contributed by atoms with E-state index < -0.39 is 6.85 Å². The Hall–Kier alpha value is -7.33. The van der Waals surface area contributed by atoms with E-state index in [1.807, 2.05) is 30.3 Å². The molecule has 0 spiro atoms. The molecular weight excluding hydrogens is 1120 g/mol. The minimum Gasteiger partial charge on any atom is -0.0579 e. The zero-order valence-corrected chi connectivity index (χ0v) is 47.9. The molecule has 0 aliphatic heterocycles. The van der Waals surface area contributed by atoms with E-state index in [4.69, 9.17) is 13.8 Å². The number of benzene rings is 8. The molecule has 0 unspecified atom stereocenters. The minimum absolute atomic E-state index is 0.0363. The second-order valence-corrected chi connectivity index (χ2v) is 25.3. The van der Waals surface area contributed by atoms with Gasteiger partial charge in [0.05, 0.1) is 0 Å². The van der Waals surface area contributed by atoms with E-state index in [2.05, 4.69) is 248 Å². The van der Waals surface area contributed by atoms with Gasteiger partial charge < -0.3 is 0 Å². The predicted molar refractivity (Wildman–Crippen MR) is 316 cm³/mol. The van der Waals surface area contributed by atoms with Crippen LogP contribution in [0.2, 0.25) is 0 Å². The molecule has 0 N–H and O–H groups in total. The summed E-state index contributed by atoms with van der Waals surface area (Å²) < 4.78 is 41.3. The average molecular weight is 1190 g/mol. The molecule has 0 fully saturated rings. The molecule has 3 aromatic heterocycles. The molecule has 6 heteroatoms. The summed E-state index contributed by atoms with van der Waals surface area (Å²) in [4.78, 5) is 5.14. The molecule has 77 heavy (non-hydrogen) atoms. The van der Waals surface area contributed by atoms with Gasteiger partial charge in [-0.1, -0.05) is 72.7 Å². The summed E-state index contributed by atoms with van der Waals surface area (Å²) in [5, 5.41) is 2.03. The van der Waals surface area contributed by atoms with Crippen LogP contribution in [0.3, 0.4) is 0 Å². The Bertz CT molecular complexity index is 4220. The fourth-order valence-corrected chi connectivity index (χ4v) is 12.6. The fourth-order valence-electron chi connectivity index (χ4n) is 11.5. The van der Waals surface area contributed by atoms with E-state index >= 15 is 0 Å². The summed E-state index contributed by atoms with van der Waals surface area (Å²) in [6.45, 7) is 20.3. The van der Waals surface area contributed by atoms with Crippen molar-refractivity contribution in [3.8, 4) is 62.1 Å². The van der Waals surface area contributed by atoms with Gasteiger partial charge in [0.15, 0.2) is 0 Å². The third-order valence-electron chi connectivity index (χ3n) is 16.1. The molecule has 0 amide bonds. The van der Waals surface area contributed by atoms with Gasteiger partial charge >= 0.3 is 320 Å². The van der Waals surface area contributed by atoms with Gasteiger partial charge in [0.25, 0.3) is 0 Å². The molecule has 0 atom stereocenters. The van der Waals surface area contributed by atoms with Crippen LogP contribution in [-0.4, -0.2) is 18.7 Å². The maximum absolute atomic E-state index is 8.89. The van der Waals surface area contributed by atoms with Crippen LogP contribution in [0.1, 0.15) is 114 Å². The van der Waals surface area contributed by atoms with Gasteiger partial charge in [0, 0.05) is 15.9 Å². The second-order valence-electron chi connectivity index (χ2n) is 24.3. The average Bonchev–Trinajstić information content (AvgIpc) is 3.97. The first kappa shape index (κ1) is 46.9. The quantitative estimate of drug-likeness (QED) is 0.142. The van der Waals surface area contributed by atoms with Gasteiger partial charge in [-0.15, -0.1) is 0 Å². The monoisotopic (exact) mass is 1190 g/mol. The Labute approximate surface area is 469 Å². The van der Waals surface area contributed by atoms with E-state index in [9.17, 15) is 0 Å². The number of imidazole rings is 1. The first-order chi connectivity index (χ1) is 38.0. The number of aromatic nitrogens is 4. The Kier molecular flexibility index (Phi) is 11.4. The molecular formula is C71H66N4OPt-2. The van der Waals surface area contributed by atoms with E-state index in [1.165, 1.54) is 22.3 Å². The molecule has 388 valence electrons. The van der Waals surface area contributed by atoms with E-state index in [1.54, 1.807) is 12.3 Å². The van der Waals surface area contributed by atoms with Crippen LogP contribution in [0.5, 0.6) is 11.5 Å². The summed E-state index contributed by atoms with van der Waals surface area (Å²) in [7, 11) is 0. The zero-order valence-electron chi connectivity index (χ0n) is 48.7. The Balaban J connectivity index is 1.02. The molecule has 0 bridgehead atoms. The van der Waals surface area contributed by atoms with Crippen LogP contribution in [0.15, 0.2) is 176 Å². The fraction of sp³-hybridized carbons (Fsp3) is 0.239. The Morgan fingerprint density at radius 1 is 0.532 bits per heavy atom. The SMILES string of the molecule is [2H]C([2H])([2H])c1cc(-n2c3[c-]c(Oc4[c-]c(-n5[c](=[Pt])n(-c6c(-c7ccccc7)cc(C(C)(C)C)cc6-c6ccccc6)c6ccccc65)ccc4)ccc3c3cc4c(cc32)C(C)(C)CCC4(C)C)ncc1-c1ccc(C(C)(C)C)cc1. The maximum atomic E-state index is 8.89. The third kappa shape index (κ3) is 8.95. The van der Waals surface area contributed by atoms with Crippen molar-refractivity contribution in [3.63, 3.8) is 0 Å². The molecule has 1 aliphatic carbocycles. The van der Waals surface area contributed by atoms with Crippen molar-refractivity contribution in [2.75, 3.05) is 0 Å². The van der Waals surface area contributed by atoms with Gasteiger partial charge in [-0.3, -0.25) is 0 Å². The zero-order chi connectivity index (χ0) is 56.3. The van der Waals surface area contributed by atoms with Gasteiger partial charge in [-0.05, 0) is 63.8 Å². The second kappa shape index (κ2) is 18.7. The standard InChI is InChI=1S/C71H66N4O.Pt/c1-46-37-66(72-44-59(46)49-29-31-50(32-30-49)68(2,3)4)75-64-41-54(33-34-55(64)58-42-60-61(43-65(58)75)71(10,11)36-35-70(60,8)9)76-53-26-20-25-52(40-53)73-45-74(63-28-19-18-27-62(63)73)67-56(47-21-14-12-15-22-47)38-51(69(5,6)7)39-57(67)48-23-16-13-17-24-48;/h12-34,37-39,42-44H,35-36H2,1-11H3;/q-2;/i1D3;. The van der Waals surface area contributed by atoms with Crippen molar-refractivity contribution in [1.29, 1.82) is 0 Å². The van der Waals surface area contributed by atoms with Crippen molar-refractivity contribution >= 4 is 32.8 Å². The summed E-state index contributed by atoms with van der Waals surface area (Å²) >= 11 is 2.48. The third-order valence-corrected chi connectivity index (χ3v) is 17.1. The summed E-state index contributed by atoms with van der Waals surface area (Å²) in [6.07, 6.45) is 3.86.